The van der Waals surface area contributed by atoms with E-state index in [1.165, 1.54) is 12.1 Å². The van der Waals surface area contributed by atoms with Crippen molar-refractivity contribution in [1.29, 1.82) is 0 Å². The molecule has 0 spiro atoms. The van der Waals surface area contributed by atoms with Crippen LogP contribution >= 0.6 is 0 Å². The Morgan fingerprint density at radius 1 is 1.14 bits per heavy atom. The van der Waals surface area contributed by atoms with Crippen LogP contribution in [-0.4, -0.2) is 16.2 Å². The molecule has 0 saturated heterocycles. The predicted molar refractivity (Wildman–Crippen MR) is 72.6 cm³/mol. The minimum absolute atomic E-state index is 0.0404. The molecule has 1 aliphatic carbocycles. The maximum Gasteiger partial charge on any atom is 0.231 e. The van der Waals surface area contributed by atoms with Crippen LogP contribution in [0.2, 0.25) is 0 Å². The maximum absolute atomic E-state index is 13.2. The lowest BCUT2D eigenvalue weighted by Crippen LogP contribution is -2.31. The molecule has 21 heavy (non-hydrogen) atoms. The Balaban J connectivity index is 1.75. The van der Waals surface area contributed by atoms with Crippen LogP contribution < -0.4 is 5.73 Å². The fourth-order valence-electron chi connectivity index (χ4n) is 2.85. The molecule has 2 N–H and O–H groups in total. The first-order valence-electron chi connectivity index (χ1n) is 7.15. The van der Waals surface area contributed by atoms with E-state index < -0.39 is 11.6 Å². The zero-order valence-electron chi connectivity index (χ0n) is 11.6. The van der Waals surface area contributed by atoms with Gasteiger partial charge < -0.3 is 10.3 Å². The van der Waals surface area contributed by atoms with Crippen molar-refractivity contribution in [3.63, 3.8) is 0 Å². The minimum Gasteiger partial charge on any atom is -0.339 e. The van der Waals surface area contributed by atoms with Crippen LogP contribution in [0, 0.1) is 11.6 Å². The average Bonchev–Trinajstić information content (AvgIpc) is 2.86. The van der Waals surface area contributed by atoms with Gasteiger partial charge in [0.2, 0.25) is 5.89 Å². The molecule has 0 bridgehead atoms. The maximum atomic E-state index is 13.2. The summed E-state index contributed by atoms with van der Waals surface area (Å²) in [4.78, 5) is 4.34. The standard InChI is InChI=1S/C15H17F2N3O/c16-10-5-9(6-11(17)8-10)7-14-19-15(21-20-14)12-3-1-2-4-13(12)18/h5-6,8,12-13H,1-4,7,18H2. The van der Waals surface area contributed by atoms with E-state index in [1.807, 2.05) is 0 Å². The molecular formula is C15H17F2N3O. The summed E-state index contributed by atoms with van der Waals surface area (Å²) in [6.07, 6.45) is 4.36. The monoisotopic (exact) mass is 293 g/mol. The molecular weight excluding hydrogens is 276 g/mol. The van der Waals surface area contributed by atoms with Crippen molar-refractivity contribution >= 4 is 0 Å². The molecule has 3 rings (SSSR count). The zero-order valence-corrected chi connectivity index (χ0v) is 11.6. The van der Waals surface area contributed by atoms with Gasteiger partial charge in [-0.05, 0) is 30.5 Å². The molecule has 1 aromatic carbocycles. The fraction of sp³-hybridized carbons (Fsp3) is 0.467. The second-order valence-electron chi connectivity index (χ2n) is 5.56. The van der Waals surface area contributed by atoms with Crippen LogP contribution in [0.15, 0.2) is 22.7 Å². The molecule has 2 unspecified atom stereocenters. The molecule has 1 fully saturated rings. The van der Waals surface area contributed by atoms with Gasteiger partial charge in [0.05, 0.1) is 5.92 Å². The van der Waals surface area contributed by atoms with Crippen molar-refractivity contribution in [3.05, 3.63) is 47.1 Å². The topological polar surface area (TPSA) is 64.9 Å². The lowest BCUT2D eigenvalue weighted by Gasteiger charge is -2.25. The van der Waals surface area contributed by atoms with Crippen molar-refractivity contribution in [2.45, 2.75) is 44.1 Å². The van der Waals surface area contributed by atoms with Crippen LogP contribution in [0.4, 0.5) is 8.78 Å². The number of aromatic nitrogens is 2. The Kier molecular flexibility index (Phi) is 3.96. The van der Waals surface area contributed by atoms with Gasteiger partial charge >= 0.3 is 0 Å². The zero-order chi connectivity index (χ0) is 14.8. The number of rotatable bonds is 3. The highest BCUT2D eigenvalue weighted by atomic mass is 19.1. The summed E-state index contributed by atoms with van der Waals surface area (Å²) in [6.45, 7) is 0. The summed E-state index contributed by atoms with van der Waals surface area (Å²) in [5.74, 6) is -0.169. The lowest BCUT2D eigenvalue weighted by molar-refractivity contribution is 0.289. The SMILES string of the molecule is NC1CCCCC1c1nc(Cc2cc(F)cc(F)c2)no1. The van der Waals surface area contributed by atoms with Crippen molar-refractivity contribution in [2.75, 3.05) is 0 Å². The molecule has 1 heterocycles. The van der Waals surface area contributed by atoms with E-state index in [4.69, 9.17) is 10.3 Å². The van der Waals surface area contributed by atoms with E-state index in [0.717, 1.165) is 31.7 Å². The second-order valence-corrected chi connectivity index (χ2v) is 5.56. The van der Waals surface area contributed by atoms with Crippen LogP contribution in [0.3, 0.4) is 0 Å². The number of hydrogen-bond acceptors (Lipinski definition) is 4. The van der Waals surface area contributed by atoms with Crippen molar-refractivity contribution in [3.8, 4) is 0 Å². The van der Waals surface area contributed by atoms with E-state index in [-0.39, 0.29) is 18.4 Å². The molecule has 0 amide bonds. The van der Waals surface area contributed by atoms with Gasteiger partial charge in [-0.2, -0.15) is 4.98 Å². The van der Waals surface area contributed by atoms with Gasteiger partial charge in [-0.1, -0.05) is 18.0 Å². The molecule has 6 heteroatoms. The Morgan fingerprint density at radius 3 is 2.57 bits per heavy atom. The molecule has 1 aromatic heterocycles. The van der Waals surface area contributed by atoms with Gasteiger partial charge in [0.25, 0.3) is 0 Å². The van der Waals surface area contributed by atoms with Gasteiger partial charge in [0, 0.05) is 18.5 Å². The Labute approximate surface area is 121 Å². The number of hydrogen-bond donors (Lipinski definition) is 1. The Morgan fingerprint density at radius 2 is 1.86 bits per heavy atom. The summed E-state index contributed by atoms with van der Waals surface area (Å²) < 4.78 is 31.6. The van der Waals surface area contributed by atoms with E-state index in [1.54, 1.807) is 0 Å². The van der Waals surface area contributed by atoms with E-state index in [0.29, 0.717) is 17.3 Å². The third-order valence-electron chi connectivity index (χ3n) is 3.90. The van der Waals surface area contributed by atoms with E-state index >= 15 is 0 Å². The summed E-state index contributed by atoms with van der Waals surface area (Å²) in [5.41, 5.74) is 6.57. The van der Waals surface area contributed by atoms with Crippen molar-refractivity contribution in [2.24, 2.45) is 5.73 Å². The van der Waals surface area contributed by atoms with Gasteiger partial charge in [-0.25, -0.2) is 8.78 Å². The van der Waals surface area contributed by atoms with Crippen LogP contribution in [0.25, 0.3) is 0 Å². The summed E-state index contributed by atoms with van der Waals surface area (Å²) in [6, 6.07) is 3.42. The third-order valence-corrected chi connectivity index (χ3v) is 3.90. The average molecular weight is 293 g/mol. The smallest absolute Gasteiger partial charge is 0.231 e. The Bertz CT molecular complexity index is 609. The third kappa shape index (κ3) is 3.26. The molecule has 2 atom stereocenters. The number of nitrogens with two attached hydrogens (primary N) is 1. The highest BCUT2D eigenvalue weighted by Crippen LogP contribution is 2.31. The highest BCUT2D eigenvalue weighted by molar-refractivity contribution is 5.21. The molecule has 0 radical (unpaired) electrons. The van der Waals surface area contributed by atoms with Crippen LogP contribution in [0.5, 0.6) is 0 Å². The van der Waals surface area contributed by atoms with Crippen molar-refractivity contribution < 1.29 is 13.3 Å². The van der Waals surface area contributed by atoms with Crippen LogP contribution in [-0.2, 0) is 6.42 Å². The number of benzene rings is 1. The van der Waals surface area contributed by atoms with Gasteiger partial charge in [-0.3, -0.25) is 0 Å². The van der Waals surface area contributed by atoms with Gasteiger partial charge in [0.1, 0.15) is 11.6 Å². The highest BCUT2D eigenvalue weighted by Gasteiger charge is 2.28. The van der Waals surface area contributed by atoms with E-state index in [9.17, 15) is 8.78 Å². The summed E-state index contributed by atoms with van der Waals surface area (Å²) in [5, 5.41) is 3.89. The second kappa shape index (κ2) is 5.89. The number of halogens is 2. The first kappa shape index (κ1) is 14.1. The summed E-state index contributed by atoms with van der Waals surface area (Å²) in [7, 11) is 0. The fourth-order valence-corrected chi connectivity index (χ4v) is 2.85. The van der Waals surface area contributed by atoms with Crippen LogP contribution in [0.1, 0.15) is 48.9 Å². The lowest BCUT2D eigenvalue weighted by atomic mass is 9.85. The predicted octanol–water partition coefficient (Wildman–Crippen LogP) is 2.92. The molecule has 1 saturated carbocycles. The van der Waals surface area contributed by atoms with E-state index in [2.05, 4.69) is 10.1 Å². The molecule has 2 aromatic rings. The minimum atomic E-state index is -0.608. The quantitative estimate of drug-likeness (QED) is 0.945. The van der Waals surface area contributed by atoms with Crippen molar-refractivity contribution in [1.82, 2.24) is 10.1 Å². The summed E-state index contributed by atoms with van der Waals surface area (Å²) >= 11 is 0. The van der Waals surface area contributed by atoms with Gasteiger partial charge in [-0.15, -0.1) is 0 Å². The Hall–Kier alpha value is -1.82. The first-order valence-corrected chi connectivity index (χ1v) is 7.15. The molecule has 112 valence electrons. The molecule has 4 nitrogen and oxygen atoms in total. The normalized spacial score (nSPS) is 22.4. The molecule has 1 aliphatic rings. The van der Waals surface area contributed by atoms with Gasteiger partial charge in [0.15, 0.2) is 5.82 Å². The number of nitrogens with zero attached hydrogens (tertiary/aromatic N) is 2. The molecule has 0 aliphatic heterocycles. The first-order chi connectivity index (χ1) is 10.1. The largest absolute Gasteiger partial charge is 0.339 e.